The van der Waals surface area contributed by atoms with Gasteiger partial charge in [-0.1, -0.05) is 6.07 Å². The van der Waals surface area contributed by atoms with Crippen molar-refractivity contribution in [2.24, 2.45) is 0 Å². The fourth-order valence-electron chi connectivity index (χ4n) is 2.70. The van der Waals surface area contributed by atoms with Crippen LogP contribution in [0.3, 0.4) is 0 Å². The van der Waals surface area contributed by atoms with Gasteiger partial charge >= 0.3 is 6.03 Å². The van der Waals surface area contributed by atoms with E-state index >= 15 is 0 Å². The summed E-state index contributed by atoms with van der Waals surface area (Å²) in [4.78, 5) is 27.0. The van der Waals surface area contributed by atoms with Crippen molar-refractivity contribution in [2.45, 2.75) is 6.54 Å². The van der Waals surface area contributed by atoms with Crippen LogP contribution in [0.4, 0.5) is 19.3 Å². The van der Waals surface area contributed by atoms with E-state index in [1.807, 2.05) is 0 Å². The van der Waals surface area contributed by atoms with E-state index in [-0.39, 0.29) is 24.0 Å². The van der Waals surface area contributed by atoms with Crippen LogP contribution in [0.1, 0.15) is 15.9 Å². The van der Waals surface area contributed by atoms with Crippen molar-refractivity contribution in [3.05, 3.63) is 65.2 Å². The van der Waals surface area contributed by atoms with Gasteiger partial charge in [0.25, 0.3) is 5.91 Å². The molecule has 0 aromatic heterocycles. The maximum atomic E-state index is 13.7. The first-order chi connectivity index (χ1) is 12.0. The molecule has 1 aliphatic heterocycles. The molecule has 130 valence electrons. The lowest BCUT2D eigenvalue weighted by molar-refractivity contribution is 0.0784. The summed E-state index contributed by atoms with van der Waals surface area (Å²) in [7, 11) is 1.55. The minimum absolute atomic E-state index is 0.0290. The van der Waals surface area contributed by atoms with Crippen LogP contribution in [0.5, 0.6) is 0 Å². The molecule has 2 aromatic carbocycles. The highest BCUT2D eigenvalue weighted by atomic mass is 19.1. The zero-order chi connectivity index (χ0) is 18.0. The Morgan fingerprint density at radius 3 is 2.52 bits per heavy atom. The second kappa shape index (κ2) is 6.88. The molecule has 1 saturated heterocycles. The number of rotatable bonds is 4. The molecule has 2 aromatic rings. The number of anilines is 1. The van der Waals surface area contributed by atoms with Crippen LogP contribution < -0.4 is 10.2 Å². The Morgan fingerprint density at radius 2 is 1.92 bits per heavy atom. The normalized spacial score (nSPS) is 13.7. The molecule has 0 unspecified atom stereocenters. The molecule has 0 atom stereocenters. The van der Waals surface area contributed by atoms with Gasteiger partial charge in [-0.05, 0) is 30.3 Å². The van der Waals surface area contributed by atoms with Crippen molar-refractivity contribution in [3.63, 3.8) is 0 Å². The van der Waals surface area contributed by atoms with E-state index in [1.165, 1.54) is 11.0 Å². The predicted octanol–water partition coefficient (Wildman–Crippen LogP) is 2.77. The molecule has 0 saturated carbocycles. The van der Waals surface area contributed by atoms with Crippen LogP contribution in [-0.4, -0.2) is 37.0 Å². The Kier molecular flexibility index (Phi) is 4.65. The lowest BCUT2D eigenvalue weighted by Crippen LogP contribution is -2.28. The molecule has 0 radical (unpaired) electrons. The number of benzene rings is 2. The Hall–Kier alpha value is -2.96. The maximum Gasteiger partial charge on any atom is 0.321 e. The van der Waals surface area contributed by atoms with Crippen LogP contribution in [0, 0.1) is 11.6 Å². The molecule has 7 heteroatoms. The third-order valence-electron chi connectivity index (χ3n) is 4.05. The fraction of sp³-hybridized carbons (Fsp3) is 0.222. The Balaban J connectivity index is 1.70. The smallest absolute Gasteiger partial charge is 0.321 e. The van der Waals surface area contributed by atoms with Crippen LogP contribution >= 0.6 is 0 Å². The summed E-state index contributed by atoms with van der Waals surface area (Å²) in [6.45, 7) is 1.20. The molecule has 25 heavy (non-hydrogen) atoms. The van der Waals surface area contributed by atoms with Gasteiger partial charge in [0.1, 0.15) is 11.6 Å². The zero-order valence-corrected chi connectivity index (χ0v) is 13.6. The van der Waals surface area contributed by atoms with Gasteiger partial charge in [-0.2, -0.15) is 0 Å². The van der Waals surface area contributed by atoms with Gasteiger partial charge in [0, 0.05) is 49.6 Å². The second-order valence-corrected chi connectivity index (χ2v) is 5.83. The van der Waals surface area contributed by atoms with E-state index in [2.05, 4.69) is 5.32 Å². The number of hydrogen-bond acceptors (Lipinski definition) is 2. The van der Waals surface area contributed by atoms with E-state index in [0.717, 1.165) is 12.1 Å². The molecular formula is C18H17F2N3O2. The van der Waals surface area contributed by atoms with Crippen LogP contribution in [0.25, 0.3) is 0 Å². The molecule has 1 heterocycles. The van der Waals surface area contributed by atoms with E-state index < -0.39 is 11.6 Å². The average Bonchev–Trinajstić information content (AvgIpc) is 3.03. The minimum atomic E-state index is -0.685. The molecule has 1 fully saturated rings. The monoisotopic (exact) mass is 345 g/mol. The molecule has 3 rings (SSSR count). The summed E-state index contributed by atoms with van der Waals surface area (Å²) in [6, 6.07) is 9.76. The van der Waals surface area contributed by atoms with E-state index in [9.17, 15) is 18.4 Å². The lowest BCUT2D eigenvalue weighted by atomic mass is 10.1. The maximum absolute atomic E-state index is 13.7. The van der Waals surface area contributed by atoms with Crippen molar-refractivity contribution < 1.29 is 18.4 Å². The standard InChI is InChI=1S/C18H17F2N3O2/c1-22(11-13-2-5-14(19)10-16(13)20)17(24)12-3-6-15(7-4-12)23-9-8-21-18(23)25/h2-7,10H,8-9,11H2,1H3,(H,21,25). The third kappa shape index (κ3) is 3.60. The van der Waals surface area contributed by atoms with Gasteiger partial charge in [0.2, 0.25) is 0 Å². The van der Waals surface area contributed by atoms with E-state index in [1.54, 1.807) is 36.2 Å². The summed E-state index contributed by atoms with van der Waals surface area (Å²) in [5.41, 5.74) is 1.37. The first-order valence-corrected chi connectivity index (χ1v) is 7.80. The summed E-state index contributed by atoms with van der Waals surface area (Å²) in [5, 5.41) is 2.71. The number of carbonyl (C=O) groups is 2. The molecule has 1 aliphatic rings. The quantitative estimate of drug-likeness (QED) is 0.926. The highest BCUT2D eigenvalue weighted by Gasteiger charge is 2.21. The molecule has 3 amide bonds. The molecule has 5 nitrogen and oxygen atoms in total. The van der Waals surface area contributed by atoms with Gasteiger partial charge in [-0.25, -0.2) is 13.6 Å². The first-order valence-electron chi connectivity index (χ1n) is 7.80. The van der Waals surface area contributed by atoms with Crippen molar-refractivity contribution in [3.8, 4) is 0 Å². The molecule has 0 bridgehead atoms. The highest BCUT2D eigenvalue weighted by Crippen LogP contribution is 2.19. The van der Waals surface area contributed by atoms with Crippen molar-refractivity contribution in [1.29, 1.82) is 0 Å². The molecule has 0 aliphatic carbocycles. The van der Waals surface area contributed by atoms with Crippen molar-refractivity contribution >= 4 is 17.6 Å². The third-order valence-corrected chi connectivity index (χ3v) is 4.05. The first kappa shape index (κ1) is 16.9. The van der Waals surface area contributed by atoms with E-state index in [4.69, 9.17) is 0 Å². The Bertz CT molecular complexity index is 808. The highest BCUT2D eigenvalue weighted by molar-refractivity contribution is 5.96. The van der Waals surface area contributed by atoms with Gasteiger partial charge in [-0.3, -0.25) is 9.69 Å². The van der Waals surface area contributed by atoms with Crippen LogP contribution in [0.15, 0.2) is 42.5 Å². The average molecular weight is 345 g/mol. The zero-order valence-electron chi connectivity index (χ0n) is 13.6. The van der Waals surface area contributed by atoms with Crippen molar-refractivity contribution in [2.75, 3.05) is 25.0 Å². The SMILES string of the molecule is CN(Cc1ccc(F)cc1F)C(=O)c1ccc(N2CCNC2=O)cc1. The van der Waals surface area contributed by atoms with Crippen LogP contribution in [0.2, 0.25) is 0 Å². The number of nitrogens with one attached hydrogen (secondary N) is 1. The molecule has 0 spiro atoms. The number of hydrogen-bond donors (Lipinski definition) is 1. The van der Waals surface area contributed by atoms with E-state index in [0.29, 0.717) is 24.3 Å². The fourth-order valence-corrected chi connectivity index (χ4v) is 2.70. The van der Waals surface area contributed by atoms with Gasteiger partial charge in [-0.15, -0.1) is 0 Å². The largest absolute Gasteiger partial charge is 0.337 e. The predicted molar refractivity (Wildman–Crippen MR) is 89.3 cm³/mol. The second-order valence-electron chi connectivity index (χ2n) is 5.83. The van der Waals surface area contributed by atoms with Crippen molar-refractivity contribution in [1.82, 2.24) is 10.2 Å². The Labute approximate surface area is 143 Å². The number of halogens is 2. The van der Waals surface area contributed by atoms with Gasteiger partial charge in [0.05, 0.1) is 0 Å². The minimum Gasteiger partial charge on any atom is -0.337 e. The number of nitrogens with zero attached hydrogens (tertiary/aromatic N) is 2. The van der Waals surface area contributed by atoms with Crippen LogP contribution in [-0.2, 0) is 6.54 Å². The van der Waals surface area contributed by atoms with Gasteiger partial charge < -0.3 is 10.2 Å². The number of urea groups is 1. The summed E-state index contributed by atoms with van der Waals surface area (Å²) in [5.74, 6) is -1.63. The Morgan fingerprint density at radius 1 is 1.20 bits per heavy atom. The topological polar surface area (TPSA) is 52.7 Å². The summed E-state index contributed by atoms with van der Waals surface area (Å²) < 4.78 is 26.7. The lowest BCUT2D eigenvalue weighted by Gasteiger charge is -2.19. The summed E-state index contributed by atoms with van der Waals surface area (Å²) in [6.07, 6.45) is 0. The molecule has 1 N–H and O–H groups in total. The van der Waals surface area contributed by atoms with Gasteiger partial charge in [0.15, 0.2) is 0 Å². The number of carbonyl (C=O) groups excluding carboxylic acids is 2. The summed E-state index contributed by atoms with van der Waals surface area (Å²) >= 11 is 0. The number of amides is 3. The molecular weight excluding hydrogens is 328 g/mol.